The SMILES string of the molecule is Cc1ccc(C)c2[nH]c(C(=O)N3CCN(C)C(CNC(=O)CC4CCOC4)C3)cc12. The monoisotopic (exact) mass is 412 g/mol. The van der Waals surface area contributed by atoms with Crippen molar-refractivity contribution in [2.45, 2.75) is 32.7 Å². The number of hydrogen-bond donors (Lipinski definition) is 2. The summed E-state index contributed by atoms with van der Waals surface area (Å²) in [6.45, 7) is 8.20. The van der Waals surface area contributed by atoms with Gasteiger partial charge in [-0.2, -0.15) is 0 Å². The summed E-state index contributed by atoms with van der Waals surface area (Å²) in [6.07, 6.45) is 1.48. The first-order valence-electron chi connectivity index (χ1n) is 10.8. The number of likely N-dealkylation sites (N-methyl/N-ethyl adjacent to an activating group) is 1. The zero-order valence-corrected chi connectivity index (χ0v) is 18.2. The standard InChI is InChI=1S/C23H32N4O3/c1-15-4-5-16(2)22-19(15)11-20(25-22)23(29)27-8-7-26(3)18(13-27)12-24-21(28)10-17-6-9-30-14-17/h4-5,11,17-18,25H,6-10,12-14H2,1-3H3,(H,24,28). The van der Waals surface area contributed by atoms with E-state index in [0.717, 1.165) is 41.6 Å². The van der Waals surface area contributed by atoms with Gasteiger partial charge in [0.25, 0.3) is 5.91 Å². The minimum atomic E-state index is 0.0255. The van der Waals surface area contributed by atoms with Gasteiger partial charge in [0, 0.05) is 62.8 Å². The molecule has 1 aromatic carbocycles. The largest absolute Gasteiger partial charge is 0.381 e. The van der Waals surface area contributed by atoms with Crippen LogP contribution in [0, 0.1) is 19.8 Å². The molecule has 0 saturated carbocycles. The lowest BCUT2D eigenvalue weighted by atomic mass is 10.0. The third-order valence-corrected chi connectivity index (χ3v) is 6.55. The van der Waals surface area contributed by atoms with E-state index in [0.29, 0.717) is 44.3 Å². The molecule has 0 spiro atoms. The molecule has 1 aromatic heterocycles. The van der Waals surface area contributed by atoms with E-state index < -0.39 is 0 Å². The fourth-order valence-electron chi connectivity index (χ4n) is 4.45. The van der Waals surface area contributed by atoms with E-state index in [4.69, 9.17) is 4.74 Å². The Morgan fingerprint density at radius 3 is 2.77 bits per heavy atom. The van der Waals surface area contributed by atoms with E-state index in [1.165, 1.54) is 0 Å². The maximum absolute atomic E-state index is 13.2. The first-order chi connectivity index (χ1) is 14.4. The van der Waals surface area contributed by atoms with Crippen molar-refractivity contribution in [1.82, 2.24) is 20.1 Å². The van der Waals surface area contributed by atoms with E-state index >= 15 is 0 Å². The number of rotatable bonds is 5. The second-order valence-corrected chi connectivity index (χ2v) is 8.79. The van der Waals surface area contributed by atoms with Crippen molar-refractivity contribution in [2.75, 3.05) is 46.4 Å². The van der Waals surface area contributed by atoms with Gasteiger partial charge >= 0.3 is 0 Å². The smallest absolute Gasteiger partial charge is 0.270 e. The van der Waals surface area contributed by atoms with Gasteiger partial charge in [-0.1, -0.05) is 12.1 Å². The van der Waals surface area contributed by atoms with Gasteiger partial charge in [0.1, 0.15) is 5.69 Å². The van der Waals surface area contributed by atoms with Crippen LogP contribution < -0.4 is 5.32 Å². The predicted octanol–water partition coefficient (Wildman–Crippen LogP) is 2.08. The Hall–Kier alpha value is -2.38. The van der Waals surface area contributed by atoms with Crippen LogP contribution in [0.4, 0.5) is 0 Å². The number of hydrogen-bond acceptors (Lipinski definition) is 4. The number of nitrogens with one attached hydrogen (secondary N) is 2. The molecule has 2 aliphatic rings. The van der Waals surface area contributed by atoms with Gasteiger partial charge in [-0.05, 0) is 50.4 Å². The number of aryl methyl sites for hydroxylation is 2. The molecule has 2 atom stereocenters. The van der Waals surface area contributed by atoms with Gasteiger partial charge < -0.3 is 19.9 Å². The van der Waals surface area contributed by atoms with Crippen LogP contribution in [-0.4, -0.2) is 79.1 Å². The summed E-state index contributed by atoms with van der Waals surface area (Å²) in [6, 6.07) is 6.25. The lowest BCUT2D eigenvalue weighted by Gasteiger charge is -2.39. The van der Waals surface area contributed by atoms with Crippen molar-refractivity contribution in [3.05, 3.63) is 35.0 Å². The number of carbonyl (C=O) groups excluding carboxylic acids is 2. The summed E-state index contributed by atoms with van der Waals surface area (Å²) in [5, 5.41) is 4.17. The van der Waals surface area contributed by atoms with E-state index in [2.05, 4.69) is 48.2 Å². The van der Waals surface area contributed by atoms with Crippen molar-refractivity contribution < 1.29 is 14.3 Å². The molecule has 0 radical (unpaired) electrons. The van der Waals surface area contributed by atoms with Crippen LogP contribution in [-0.2, 0) is 9.53 Å². The van der Waals surface area contributed by atoms with Crippen LogP contribution in [0.3, 0.4) is 0 Å². The van der Waals surface area contributed by atoms with Gasteiger partial charge in [0.05, 0.1) is 0 Å². The number of ether oxygens (including phenoxy) is 1. The number of aromatic amines is 1. The van der Waals surface area contributed by atoms with E-state index in [-0.39, 0.29) is 17.9 Å². The van der Waals surface area contributed by atoms with E-state index in [1.54, 1.807) is 0 Å². The molecule has 4 rings (SSSR count). The maximum Gasteiger partial charge on any atom is 0.270 e. The fraction of sp³-hybridized carbons (Fsp3) is 0.565. The zero-order valence-electron chi connectivity index (χ0n) is 18.2. The molecule has 3 heterocycles. The Morgan fingerprint density at radius 2 is 2.03 bits per heavy atom. The van der Waals surface area contributed by atoms with Gasteiger partial charge in [-0.15, -0.1) is 0 Å². The van der Waals surface area contributed by atoms with Crippen LogP contribution in [0.2, 0.25) is 0 Å². The molecular formula is C23H32N4O3. The molecule has 0 bridgehead atoms. The van der Waals surface area contributed by atoms with Crippen molar-refractivity contribution in [3.8, 4) is 0 Å². The Labute approximate surface area is 177 Å². The Bertz CT molecular complexity index is 893. The molecule has 0 aliphatic carbocycles. The lowest BCUT2D eigenvalue weighted by Crippen LogP contribution is -2.56. The lowest BCUT2D eigenvalue weighted by molar-refractivity contribution is -0.122. The van der Waals surface area contributed by atoms with Crippen LogP contribution in [0.5, 0.6) is 0 Å². The Morgan fingerprint density at radius 1 is 1.23 bits per heavy atom. The summed E-state index contributed by atoms with van der Waals surface area (Å²) >= 11 is 0. The summed E-state index contributed by atoms with van der Waals surface area (Å²) < 4.78 is 5.35. The number of carbonyl (C=O) groups is 2. The topological polar surface area (TPSA) is 77.7 Å². The van der Waals surface area contributed by atoms with Gasteiger partial charge in [0.2, 0.25) is 5.91 Å². The fourth-order valence-corrected chi connectivity index (χ4v) is 4.45. The van der Waals surface area contributed by atoms with Crippen LogP contribution in [0.25, 0.3) is 10.9 Å². The molecule has 162 valence electrons. The second-order valence-electron chi connectivity index (χ2n) is 8.79. The average molecular weight is 413 g/mol. The van der Waals surface area contributed by atoms with Crippen LogP contribution in [0.1, 0.15) is 34.5 Å². The highest BCUT2D eigenvalue weighted by Crippen LogP contribution is 2.24. The number of amides is 2. The molecule has 2 saturated heterocycles. The van der Waals surface area contributed by atoms with Crippen molar-refractivity contribution in [1.29, 1.82) is 0 Å². The number of aromatic nitrogens is 1. The Balaban J connectivity index is 1.38. The van der Waals surface area contributed by atoms with Crippen molar-refractivity contribution >= 4 is 22.7 Å². The molecule has 7 nitrogen and oxygen atoms in total. The highest BCUT2D eigenvalue weighted by atomic mass is 16.5. The second kappa shape index (κ2) is 8.78. The van der Waals surface area contributed by atoms with E-state index in [1.807, 2.05) is 11.0 Å². The van der Waals surface area contributed by atoms with E-state index in [9.17, 15) is 9.59 Å². The number of benzene rings is 1. The number of fused-ring (bicyclic) bond motifs is 1. The highest BCUT2D eigenvalue weighted by molar-refractivity contribution is 5.99. The molecule has 2 unspecified atom stereocenters. The summed E-state index contributed by atoms with van der Waals surface area (Å²) in [5.41, 5.74) is 3.97. The van der Waals surface area contributed by atoms with Crippen molar-refractivity contribution in [3.63, 3.8) is 0 Å². The number of piperazine rings is 1. The van der Waals surface area contributed by atoms with Gasteiger partial charge in [0.15, 0.2) is 0 Å². The van der Waals surface area contributed by atoms with Crippen molar-refractivity contribution in [2.24, 2.45) is 5.92 Å². The number of H-pyrrole nitrogens is 1. The highest BCUT2D eigenvalue weighted by Gasteiger charge is 2.29. The molecular weight excluding hydrogens is 380 g/mol. The maximum atomic E-state index is 13.2. The minimum absolute atomic E-state index is 0.0255. The minimum Gasteiger partial charge on any atom is -0.381 e. The molecule has 2 fully saturated rings. The molecule has 2 aliphatic heterocycles. The summed E-state index contributed by atoms with van der Waals surface area (Å²) in [4.78, 5) is 32.9. The molecule has 2 aromatic rings. The van der Waals surface area contributed by atoms with Gasteiger partial charge in [-0.25, -0.2) is 0 Å². The predicted molar refractivity (Wildman–Crippen MR) is 117 cm³/mol. The number of nitrogens with zero attached hydrogens (tertiary/aromatic N) is 2. The van der Waals surface area contributed by atoms with Crippen LogP contribution >= 0.6 is 0 Å². The molecule has 7 heteroatoms. The Kier molecular flexibility index (Phi) is 6.11. The summed E-state index contributed by atoms with van der Waals surface area (Å²) in [7, 11) is 2.05. The molecule has 2 N–H and O–H groups in total. The van der Waals surface area contributed by atoms with Gasteiger partial charge in [-0.3, -0.25) is 14.5 Å². The normalized spacial score (nSPS) is 22.6. The average Bonchev–Trinajstić information content (AvgIpc) is 3.40. The summed E-state index contributed by atoms with van der Waals surface area (Å²) in [5.74, 6) is 0.433. The first kappa shape index (κ1) is 20.9. The third-order valence-electron chi connectivity index (χ3n) is 6.55. The third kappa shape index (κ3) is 4.37. The molecule has 30 heavy (non-hydrogen) atoms. The molecule has 2 amide bonds. The quantitative estimate of drug-likeness (QED) is 0.788. The first-order valence-corrected chi connectivity index (χ1v) is 10.8. The van der Waals surface area contributed by atoms with Crippen LogP contribution in [0.15, 0.2) is 18.2 Å². The zero-order chi connectivity index (χ0) is 21.3.